The number of halogens is 1. The summed E-state index contributed by atoms with van der Waals surface area (Å²) < 4.78 is 5.09. The van der Waals surface area contributed by atoms with Gasteiger partial charge in [-0.15, -0.1) is 12.4 Å². The number of hydrogen-bond donors (Lipinski definition) is 2. The maximum atomic E-state index is 12.0. The average molecular weight is 328 g/mol. The summed E-state index contributed by atoms with van der Waals surface area (Å²) in [6.45, 7) is 5.73. The third kappa shape index (κ3) is 5.16. The smallest absolute Gasteiger partial charge is 0.225 e. The molecule has 0 radical (unpaired) electrons. The standard InChI is InChI=1S/C16H25N3O2.ClH/c1-16(11-17)8-10-19(12-16)9-7-15(20)18-13-3-5-14(21-2)6-4-13;/h3-6H,7-12,17H2,1-2H3,(H,18,20);1H. The van der Waals surface area contributed by atoms with E-state index in [1.807, 2.05) is 24.3 Å². The van der Waals surface area contributed by atoms with Crippen LogP contribution in [0.3, 0.4) is 0 Å². The lowest BCUT2D eigenvalue weighted by molar-refractivity contribution is -0.116. The van der Waals surface area contributed by atoms with Gasteiger partial charge in [-0.05, 0) is 49.2 Å². The fourth-order valence-corrected chi connectivity index (χ4v) is 2.64. The highest BCUT2D eigenvalue weighted by molar-refractivity contribution is 5.90. The van der Waals surface area contributed by atoms with E-state index in [-0.39, 0.29) is 23.7 Å². The fourth-order valence-electron chi connectivity index (χ4n) is 2.64. The van der Waals surface area contributed by atoms with Crippen LogP contribution in [0.2, 0.25) is 0 Å². The third-order valence-corrected chi connectivity index (χ3v) is 4.16. The predicted molar refractivity (Wildman–Crippen MR) is 91.7 cm³/mol. The van der Waals surface area contributed by atoms with Crippen molar-refractivity contribution in [1.82, 2.24) is 4.90 Å². The van der Waals surface area contributed by atoms with E-state index in [4.69, 9.17) is 10.5 Å². The Kier molecular flexibility index (Phi) is 7.13. The Labute approximate surface area is 138 Å². The Morgan fingerprint density at radius 3 is 2.64 bits per heavy atom. The van der Waals surface area contributed by atoms with Gasteiger partial charge in [0.1, 0.15) is 5.75 Å². The van der Waals surface area contributed by atoms with Gasteiger partial charge >= 0.3 is 0 Å². The van der Waals surface area contributed by atoms with Gasteiger partial charge in [0.25, 0.3) is 0 Å². The molecule has 1 saturated heterocycles. The predicted octanol–water partition coefficient (Wildman–Crippen LogP) is 2.12. The molecule has 1 aliphatic rings. The minimum atomic E-state index is 0. The van der Waals surface area contributed by atoms with Crippen LogP contribution in [0.15, 0.2) is 24.3 Å². The van der Waals surface area contributed by atoms with Gasteiger partial charge in [-0.3, -0.25) is 4.79 Å². The van der Waals surface area contributed by atoms with Crippen molar-refractivity contribution in [1.29, 1.82) is 0 Å². The van der Waals surface area contributed by atoms with Gasteiger partial charge in [0.15, 0.2) is 0 Å². The maximum Gasteiger partial charge on any atom is 0.225 e. The van der Waals surface area contributed by atoms with Crippen LogP contribution < -0.4 is 15.8 Å². The Bertz CT molecular complexity index is 481. The number of anilines is 1. The lowest BCUT2D eigenvalue weighted by Crippen LogP contribution is -2.32. The lowest BCUT2D eigenvalue weighted by Gasteiger charge is -2.22. The molecule has 1 amide bonds. The molecule has 1 aliphatic heterocycles. The molecule has 2 rings (SSSR count). The largest absolute Gasteiger partial charge is 0.497 e. The first-order valence-electron chi connectivity index (χ1n) is 7.41. The summed E-state index contributed by atoms with van der Waals surface area (Å²) >= 11 is 0. The molecule has 1 aromatic carbocycles. The summed E-state index contributed by atoms with van der Waals surface area (Å²) in [5.41, 5.74) is 6.81. The van der Waals surface area contributed by atoms with Gasteiger partial charge in [-0.1, -0.05) is 6.92 Å². The zero-order chi connectivity index (χ0) is 15.3. The molecule has 1 unspecified atom stereocenters. The van der Waals surface area contributed by atoms with Crippen LogP contribution in [0.25, 0.3) is 0 Å². The Morgan fingerprint density at radius 1 is 1.41 bits per heavy atom. The lowest BCUT2D eigenvalue weighted by atomic mass is 9.90. The van der Waals surface area contributed by atoms with E-state index in [0.29, 0.717) is 13.0 Å². The molecular weight excluding hydrogens is 302 g/mol. The van der Waals surface area contributed by atoms with Crippen LogP contribution in [0.5, 0.6) is 5.75 Å². The number of ether oxygens (including phenoxy) is 1. The molecule has 1 heterocycles. The molecule has 0 bridgehead atoms. The van der Waals surface area contributed by atoms with Crippen molar-refractivity contribution in [3.63, 3.8) is 0 Å². The van der Waals surface area contributed by atoms with E-state index in [1.54, 1.807) is 7.11 Å². The van der Waals surface area contributed by atoms with Gasteiger partial charge in [0.05, 0.1) is 7.11 Å². The first-order chi connectivity index (χ1) is 10.0. The van der Waals surface area contributed by atoms with Crippen LogP contribution in [-0.2, 0) is 4.79 Å². The first kappa shape index (κ1) is 18.7. The number of hydrogen-bond acceptors (Lipinski definition) is 4. The van der Waals surface area contributed by atoms with Crippen molar-refractivity contribution in [2.75, 3.05) is 38.6 Å². The molecule has 6 heteroatoms. The van der Waals surface area contributed by atoms with E-state index in [1.165, 1.54) is 0 Å². The first-order valence-corrected chi connectivity index (χ1v) is 7.41. The molecule has 5 nitrogen and oxygen atoms in total. The van der Waals surface area contributed by atoms with Gasteiger partial charge < -0.3 is 20.7 Å². The normalized spacial score (nSPS) is 21.2. The minimum Gasteiger partial charge on any atom is -0.497 e. The van der Waals surface area contributed by atoms with Crippen LogP contribution >= 0.6 is 12.4 Å². The number of nitrogens with two attached hydrogens (primary N) is 1. The molecular formula is C16H26ClN3O2. The van der Waals surface area contributed by atoms with Gasteiger partial charge in [0.2, 0.25) is 5.91 Å². The number of benzene rings is 1. The average Bonchev–Trinajstić information content (AvgIpc) is 2.88. The second kappa shape index (κ2) is 8.36. The highest BCUT2D eigenvalue weighted by Crippen LogP contribution is 2.28. The SMILES string of the molecule is COc1ccc(NC(=O)CCN2CCC(C)(CN)C2)cc1.Cl. The monoisotopic (exact) mass is 327 g/mol. The summed E-state index contributed by atoms with van der Waals surface area (Å²) in [6, 6.07) is 7.36. The molecule has 3 N–H and O–H groups in total. The minimum absolute atomic E-state index is 0. The number of nitrogens with one attached hydrogen (secondary N) is 1. The van der Waals surface area contributed by atoms with Crippen LogP contribution in [0.4, 0.5) is 5.69 Å². The third-order valence-electron chi connectivity index (χ3n) is 4.16. The summed E-state index contributed by atoms with van der Waals surface area (Å²) in [7, 11) is 1.62. The summed E-state index contributed by atoms with van der Waals surface area (Å²) in [4.78, 5) is 14.3. The van der Waals surface area contributed by atoms with E-state index < -0.39 is 0 Å². The van der Waals surface area contributed by atoms with Crippen molar-refractivity contribution in [3.05, 3.63) is 24.3 Å². The molecule has 1 aromatic rings. The summed E-state index contributed by atoms with van der Waals surface area (Å²) in [5, 5.41) is 2.91. The highest BCUT2D eigenvalue weighted by atomic mass is 35.5. The number of methoxy groups -OCH3 is 1. The second-order valence-electron chi connectivity index (χ2n) is 6.07. The van der Waals surface area contributed by atoms with E-state index in [9.17, 15) is 4.79 Å². The Morgan fingerprint density at radius 2 is 2.09 bits per heavy atom. The van der Waals surface area contributed by atoms with Crippen molar-refractivity contribution in [3.8, 4) is 5.75 Å². The number of rotatable bonds is 6. The van der Waals surface area contributed by atoms with Gasteiger partial charge in [-0.2, -0.15) is 0 Å². The van der Waals surface area contributed by atoms with Crippen molar-refractivity contribution in [2.24, 2.45) is 11.1 Å². The second-order valence-corrected chi connectivity index (χ2v) is 6.07. The molecule has 1 atom stereocenters. The van der Waals surface area contributed by atoms with Crippen molar-refractivity contribution in [2.45, 2.75) is 19.8 Å². The van der Waals surface area contributed by atoms with Crippen molar-refractivity contribution < 1.29 is 9.53 Å². The Balaban J connectivity index is 0.00000242. The van der Waals surface area contributed by atoms with E-state index in [0.717, 1.165) is 37.5 Å². The quantitative estimate of drug-likeness (QED) is 0.840. The zero-order valence-corrected chi connectivity index (χ0v) is 14.1. The van der Waals surface area contributed by atoms with Crippen LogP contribution in [0, 0.1) is 5.41 Å². The number of likely N-dealkylation sites (tertiary alicyclic amines) is 1. The molecule has 0 saturated carbocycles. The summed E-state index contributed by atoms with van der Waals surface area (Å²) in [6.07, 6.45) is 1.62. The number of nitrogens with zero attached hydrogens (tertiary/aromatic N) is 1. The fraction of sp³-hybridized carbons (Fsp3) is 0.562. The molecule has 22 heavy (non-hydrogen) atoms. The van der Waals surface area contributed by atoms with Gasteiger partial charge in [0, 0.05) is 25.2 Å². The Hall–Kier alpha value is -1.30. The molecule has 124 valence electrons. The number of carbonyl (C=O) groups excluding carboxylic acids is 1. The number of carbonyl (C=O) groups is 1. The number of amides is 1. The summed E-state index contributed by atoms with van der Waals surface area (Å²) in [5.74, 6) is 0.827. The maximum absolute atomic E-state index is 12.0. The molecule has 1 fully saturated rings. The van der Waals surface area contributed by atoms with Crippen LogP contribution in [0.1, 0.15) is 19.8 Å². The van der Waals surface area contributed by atoms with Crippen LogP contribution in [-0.4, -0.2) is 44.1 Å². The topological polar surface area (TPSA) is 67.6 Å². The van der Waals surface area contributed by atoms with Gasteiger partial charge in [-0.25, -0.2) is 0 Å². The molecule has 0 spiro atoms. The van der Waals surface area contributed by atoms with E-state index >= 15 is 0 Å². The van der Waals surface area contributed by atoms with Crippen molar-refractivity contribution >= 4 is 24.0 Å². The molecule has 0 aliphatic carbocycles. The highest BCUT2D eigenvalue weighted by Gasteiger charge is 2.32. The zero-order valence-electron chi connectivity index (χ0n) is 13.3. The molecule has 0 aromatic heterocycles. The van der Waals surface area contributed by atoms with E-state index in [2.05, 4.69) is 17.1 Å².